The van der Waals surface area contributed by atoms with Gasteiger partial charge >= 0.3 is 0 Å². The predicted molar refractivity (Wildman–Crippen MR) is 97.6 cm³/mol. The minimum atomic E-state index is -0.461. The number of non-ortho nitro benzene ring substituents is 1. The lowest BCUT2D eigenvalue weighted by atomic mass is 10.3. The van der Waals surface area contributed by atoms with Crippen molar-refractivity contribution >= 4 is 67.0 Å². The molecule has 0 amide bonds. The van der Waals surface area contributed by atoms with Crippen LogP contribution in [-0.2, 0) is 0 Å². The molecule has 0 saturated carbocycles. The van der Waals surface area contributed by atoms with Crippen molar-refractivity contribution in [3.05, 3.63) is 57.6 Å². The number of nitro benzene ring substituents is 1. The molecule has 0 aliphatic carbocycles. The van der Waals surface area contributed by atoms with Gasteiger partial charge in [0.15, 0.2) is 10.2 Å². The zero-order valence-electron chi connectivity index (χ0n) is 11.4. The lowest BCUT2D eigenvalue weighted by Gasteiger charge is -2.07. The van der Waals surface area contributed by atoms with E-state index in [1.54, 1.807) is 18.2 Å². The third-order valence-corrected chi connectivity index (χ3v) is 4.35. The van der Waals surface area contributed by atoms with E-state index in [1.807, 2.05) is 12.1 Å². The van der Waals surface area contributed by atoms with Gasteiger partial charge < -0.3 is 10.6 Å². The molecule has 3 aromatic rings. The molecule has 1 aromatic heterocycles. The lowest BCUT2D eigenvalue weighted by Crippen LogP contribution is -2.18. The molecule has 23 heavy (non-hydrogen) atoms. The summed E-state index contributed by atoms with van der Waals surface area (Å²) < 4.78 is 0.943. The first-order valence-corrected chi connectivity index (χ1v) is 8.01. The molecule has 6 nitrogen and oxygen atoms in total. The highest BCUT2D eigenvalue weighted by atomic mass is 35.5. The Labute approximate surface area is 145 Å². The quantitative estimate of drug-likeness (QED) is 0.399. The van der Waals surface area contributed by atoms with E-state index in [9.17, 15) is 10.1 Å². The minimum Gasteiger partial charge on any atom is -0.332 e. The number of hydrogen-bond donors (Lipinski definition) is 2. The SMILES string of the molecule is O=[N+]([O-])c1cccc(NC(=S)Nc2nc3c(Cl)cccc3s2)c1. The summed E-state index contributed by atoms with van der Waals surface area (Å²) in [5, 5.41) is 18.1. The number of thiocarbonyl (C=S) groups is 1. The Hall–Kier alpha value is -2.29. The standard InChI is InChI=1S/C14H9ClN4O2S2/c15-10-5-2-6-11-12(10)17-14(23-11)18-13(22)16-8-3-1-4-9(7-8)19(20)21/h1-7H,(H2,16,17,18,22). The average molecular weight is 365 g/mol. The van der Waals surface area contributed by atoms with E-state index >= 15 is 0 Å². The zero-order chi connectivity index (χ0) is 16.4. The molecule has 1 heterocycles. The number of anilines is 2. The Balaban J connectivity index is 1.74. The summed E-state index contributed by atoms with van der Waals surface area (Å²) in [7, 11) is 0. The van der Waals surface area contributed by atoms with Gasteiger partial charge in [0.1, 0.15) is 5.52 Å². The predicted octanol–water partition coefficient (Wildman–Crippen LogP) is 4.67. The largest absolute Gasteiger partial charge is 0.332 e. The van der Waals surface area contributed by atoms with Crippen molar-refractivity contribution in [2.24, 2.45) is 0 Å². The fourth-order valence-corrected chi connectivity index (χ4v) is 3.37. The van der Waals surface area contributed by atoms with Gasteiger partial charge in [0.25, 0.3) is 5.69 Å². The topological polar surface area (TPSA) is 80.1 Å². The van der Waals surface area contributed by atoms with Crippen molar-refractivity contribution in [2.45, 2.75) is 0 Å². The smallest absolute Gasteiger partial charge is 0.271 e. The first-order chi connectivity index (χ1) is 11.0. The van der Waals surface area contributed by atoms with Gasteiger partial charge in [-0.3, -0.25) is 10.1 Å². The second-order valence-corrected chi connectivity index (χ2v) is 6.34. The van der Waals surface area contributed by atoms with E-state index < -0.39 is 4.92 Å². The molecule has 0 saturated heterocycles. The number of halogens is 1. The van der Waals surface area contributed by atoms with Crippen molar-refractivity contribution in [3.8, 4) is 0 Å². The van der Waals surface area contributed by atoms with E-state index in [-0.39, 0.29) is 5.69 Å². The van der Waals surface area contributed by atoms with Crippen LogP contribution in [-0.4, -0.2) is 15.0 Å². The van der Waals surface area contributed by atoms with E-state index in [0.717, 1.165) is 4.70 Å². The number of nitro groups is 1. The number of rotatable bonds is 3. The fraction of sp³-hybridized carbons (Fsp3) is 0. The first-order valence-electron chi connectivity index (χ1n) is 6.40. The van der Waals surface area contributed by atoms with Crippen LogP contribution in [0.3, 0.4) is 0 Å². The Bertz CT molecular complexity index is 913. The van der Waals surface area contributed by atoms with Crippen molar-refractivity contribution in [2.75, 3.05) is 10.6 Å². The Kier molecular flexibility index (Phi) is 4.37. The molecule has 9 heteroatoms. The molecule has 0 radical (unpaired) electrons. The van der Waals surface area contributed by atoms with Crippen LogP contribution < -0.4 is 10.6 Å². The molecule has 2 aromatic carbocycles. The number of fused-ring (bicyclic) bond motifs is 1. The average Bonchev–Trinajstić information content (AvgIpc) is 2.91. The van der Waals surface area contributed by atoms with E-state index in [4.69, 9.17) is 23.8 Å². The Morgan fingerprint density at radius 2 is 2.04 bits per heavy atom. The molecule has 0 atom stereocenters. The number of nitrogens with zero attached hydrogens (tertiary/aromatic N) is 2. The fourth-order valence-electron chi connectivity index (χ4n) is 1.93. The van der Waals surface area contributed by atoms with Crippen molar-refractivity contribution < 1.29 is 4.92 Å². The number of thiazole rings is 1. The number of benzene rings is 2. The molecule has 116 valence electrons. The van der Waals surface area contributed by atoms with E-state index in [1.165, 1.54) is 23.5 Å². The molecular weight excluding hydrogens is 356 g/mol. The molecular formula is C14H9ClN4O2S2. The Morgan fingerprint density at radius 1 is 1.26 bits per heavy atom. The highest BCUT2D eigenvalue weighted by molar-refractivity contribution is 7.80. The maximum Gasteiger partial charge on any atom is 0.271 e. The van der Waals surface area contributed by atoms with Gasteiger partial charge in [-0.05, 0) is 30.4 Å². The Morgan fingerprint density at radius 3 is 2.78 bits per heavy atom. The van der Waals surface area contributed by atoms with E-state index in [2.05, 4.69) is 15.6 Å². The summed E-state index contributed by atoms with van der Waals surface area (Å²) in [6.45, 7) is 0. The normalized spacial score (nSPS) is 10.5. The maximum absolute atomic E-state index is 10.8. The maximum atomic E-state index is 10.8. The van der Waals surface area contributed by atoms with Crippen molar-refractivity contribution in [1.29, 1.82) is 0 Å². The van der Waals surface area contributed by atoms with Crippen molar-refractivity contribution in [1.82, 2.24) is 4.98 Å². The van der Waals surface area contributed by atoms with Crippen LogP contribution in [0.5, 0.6) is 0 Å². The van der Waals surface area contributed by atoms with Gasteiger partial charge in [-0.1, -0.05) is 35.1 Å². The highest BCUT2D eigenvalue weighted by Gasteiger charge is 2.10. The lowest BCUT2D eigenvalue weighted by molar-refractivity contribution is -0.384. The van der Waals surface area contributed by atoms with Crippen LogP contribution in [0, 0.1) is 10.1 Å². The van der Waals surface area contributed by atoms with Gasteiger partial charge in [-0.2, -0.15) is 0 Å². The van der Waals surface area contributed by atoms with Crippen molar-refractivity contribution in [3.63, 3.8) is 0 Å². The molecule has 3 rings (SSSR count). The summed E-state index contributed by atoms with van der Waals surface area (Å²) in [6, 6.07) is 11.6. The summed E-state index contributed by atoms with van der Waals surface area (Å²) in [4.78, 5) is 14.7. The second kappa shape index (κ2) is 6.45. The molecule has 0 aliphatic heterocycles. The zero-order valence-corrected chi connectivity index (χ0v) is 13.8. The summed E-state index contributed by atoms with van der Waals surface area (Å²) in [5.41, 5.74) is 1.22. The molecule has 0 spiro atoms. The number of aromatic nitrogens is 1. The summed E-state index contributed by atoms with van der Waals surface area (Å²) >= 11 is 12.7. The number of hydrogen-bond acceptors (Lipinski definition) is 5. The van der Waals surface area contributed by atoms with Crippen LogP contribution in [0.1, 0.15) is 0 Å². The van der Waals surface area contributed by atoms with Gasteiger partial charge in [0.2, 0.25) is 0 Å². The molecule has 0 aliphatic rings. The van der Waals surface area contributed by atoms with Gasteiger partial charge in [-0.25, -0.2) is 4.98 Å². The van der Waals surface area contributed by atoms with E-state index in [0.29, 0.717) is 26.5 Å². The highest BCUT2D eigenvalue weighted by Crippen LogP contribution is 2.30. The van der Waals surface area contributed by atoms with Gasteiger partial charge in [0.05, 0.1) is 14.6 Å². The van der Waals surface area contributed by atoms with Crippen LogP contribution in [0.25, 0.3) is 10.2 Å². The van der Waals surface area contributed by atoms with Crippen LogP contribution in [0.4, 0.5) is 16.5 Å². The molecule has 0 unspecified atom stereocenters. The first kappa shape index (κ1) is 15.6. The minimum absolute atomic E-state index is 0.00966. The van der Waals surface area contributed by atoms with Crippen LogP contribution >= 0.6 is 35.2 Å². The summed E-state index contributed by atoms with van der Waals surface area (Å²) in [6.07, 6.45) is 0. The molecule has 0 bridgehead atoms. The third-order valence-electron chi connectivity index (χ3n) is 2.91. The van der Waals surface area contributed by atoms with Crippen LogP contribution in [0.15, 0.2) is 42.5 Å². The monoisotopic (exact) mass is 364 g/mol. The second-order valence-electron chi connectivity index (χ2n) is 4.49. The van der Waals surface area contributed by atoms with Crippen LogP contribution in [0.2, 0.25) is 5.02 Å². The van der Waals surface area contributed by atoms with Gasteiger partial charge in [-0.15, -0.1) is 0 Å². The summed E-state index contributed by atoms with van der Waals surface area (Å²) in [5.74, 6) is 0. The molecule has 2 N–H and O–H groups in total. The van der Waals surface area contributed by atoms with Gasteiger partial charge in [0, 0.05) is 17.8 Å². The number of para-hydroxylation sites is 1. The molecule has 0 fully saturated rings. The number of nitrogens with one attached hydrogen (secondary N) is 2. The third kappa shape index (κ3) is 3.55.